The van der Waals surface area contributed by atoms with Crippen LogP contribution in [-0.2, 0) is 12.8 Å². The smallest absolute Gasteiger partial charge is 0.306 e. The average Bonchev–Trinajstić information content (AvgIpc) is 3.21. The van der Waals surface area contributed by atoms with Gasteiger partial charge in [-0.3, -0.25) is 15.3 Å². The highest BCUT2D eigenvalue weighted by atomic mass is 32.1. The molecular formula is C18H26N6OS. The number of anilines is 2. The largest absolute Gasteiger partial charge is 0.326 e. The van der Waals surface area contributed by atoms with Gasteiger partial charge in [-0.25, -0.2) is 9.78 Å². The van der Waals surface area contributed by atoms with E-state index in [1.807, 2.05) is 16.9 Å². The van der Waals surface area contributed by atoms with Crippen molar-refractivity contribution >= 4 is 28.3 Å². The molecule has 7 nitrogen and oxygen atoms in total. The molecule has 1 atom stereocenters. The van der Waals surface area contributed by atoms with E-state index < -0.39 is 0 Å². The van der Waals surface area contributed by atoms with E-state index >= 15 is 0 Å². The van der Waals surface area contributed by atoms with Gasteiger partial charge in [-0.1, -0.05) is 6.92 Å². The summed E-state index contributed by atoms with van der Waals surface area (Å²) in [6, 6.07) is 1.99. The van der Waals surface area contributed by atoms with Gasteiger partial charge in [0.2, 0.25) is 0 Å². The summed E-state index contributed by atoms with van der Waals surface area (Å²) >= 11 is 1.59. The molecule has 1 aliphatic carbocycles. The number of rotatable bonds is 3. The van der Waals surface area contributed by atoms with Gasteiger partial charge < -0.3 is 4.90 Å². The summed E-state index contributed by atoms with van der Waals surface area (Å²) in [6.45, 7) is 4.44. The molecule has 1 fully saturated rings. The second kappa shape index (κ2) is 7.36. The van der Waals surface area contributed by atoms with Crippen molar-refractivity contribution in [1.82, 2.24) is 19.7 Å². The Hall–Kier alpha value is -1.93. The summed E-state index contributed by atoms with van der Waals surface area (Å²) in [6.07, 6.45) is 7.39. The van der Waals surface area contributed by atoms with Crippen LogP contribution in [0.1, 0.15) is 42.8 Å². The van der Waals surface area contributed by atoms with Crippen molar-refractivity contribution in [3.63, 3.8) is 0 Å². The lowest BCUT2D eigenvalue weighted by atomic mass is 9.93. The molecule has 3 heterocycles. The molecule has 2 aliphatic rings. The molecule has 1 aliphatic heterocycles. The fraction of sp³-hybridized carbons (Fsp3) is 0.611. The molecule has 4 rings (SSSR count). The van der Waals surface area contributed by atoms with Gasteiger partial charge in [0.15, 0.2) is 10.9 Å². The zero-order valence-corrected chi connectivity index (χ0v) is 16.2. The van der Waals surface area contributed by atoms with Gasteiger partial charge in [-0.2, -0.15) is 5.10 Å². The van der Waals surface area contributed by atoms with E-state index in [2.05, 4.69) is 39.6 Å². The average molecular weight is 375 g/mol. The highest BCUT2D eigenvalue weighted by Gasteiger charge is 2.21. The molecule has 2 aromatic rings. The summed E-state index contributed by atoms with van der Waals surface area (Å²) in [5.41, 5.74) is 1.15. The molecule has 2 amide bonds. The number of hydrogen-bond acceptors (Lipinski definition) is 5. The number of aryl methyl sites for hydroxylation is 1. The Morgan fingerprint density at radius 3 is 2.88 bits per heavy atom. The van der Waals surface area contributed by atoms with Gasteiger partial charge in [0.05, 0.1) is 11.7 Å². The molecular weight excluding hydrogens is 348 g/mol. The quantitative estimate of drug-likeness (QED) is 0.864. The number of piperidine rings is 1. The number of aromatic nitrogens is 3. The molecule has 0 radical (unpaired) electrons. The first-order chi connectivity index (χ1) is 12.6. The van der Waals surface area contributed by atoms with E-state index in [0.717, 1.165) is 44.5 Å². The number of thiazole rings is 1. The lowest BCUT2D eigenvalue weighted by Crippen LogP contribution is -2.31. The Kier molecular flexibility index (Phi) is 4.95. The maximum Gasteiger partial charge on any atom is 0.326 e. The Morgan fingerprint density at radius 1 is 1.27 bits per heavy atom. The summed E-state index contributed by atoms with van der Waals surface area (Å²) in [5.74, 6) is 1.28. The molecule has 0 bridgehead atoms. The van der Waals surface area contributed by atoms with E-state index in [4.69, 9.17) is 0 Å². The third-order valence-electron chi connectivity index (χ3n) is 5.32. The van der Waals surface area contributed by atoms with E-state index in [9.17, 15) is 4.79 Å². The van der Waals surface area contributed by atoms with Crippen LogP contribution in [0.25, 0.3) is 0 Å². The first-order valence-electron chi connectivity index (χ1n) is 9.37. The monoisotopic (exact) mass is 374 g/mol. The van der Waals surface area contributed by atoms with Crippen LogP contribution in [0.15, 0.2) is 12.3 Å². The topological polar surface area (TPSA) is 75.1 Å². The summed E-state index contributed by atoms with van der Waals surface area (Å²) in [5, 5.41) is 10.9. The highest BCUT2D eigenvalue weighted by molar-refractivity contribution is 7.15. The van der Waals surface area contributed by atoms with Gasteiger partial charge in [-0.15, -0.1) is 11.3 Å². The number of carbonyl (C=O) groups excluding carboxylic acids is 1. The maximum atomic E-state index is 12.3. The lowest BCUT2D eigenvalue weighted by Gasteiger charge is -2.28. The highest BCUT2D eigenvalue weighted by Crippen LogP contribution is 2.32. The minimum absolute atomic E-state index is 0.280. The van der Waals surface area contributed by atoms with Crippen LogP contribution in [-0.4, -0.2) is 45.8 Å². The third-order valence-corrected chi connectivity index (χ3v) is 6.35. The van der Waals surface area contributed by atoms with Crippen molar-refractivity contribution in [3.05, 3.63) is 22.8 Å². The number of fused-ring (bicyclic) bond motifs is 1. The number of hydrogen-bond donors (Lipinski definition) is 2. The maximum absolute atomic E-state index is 12.3. The Bertz CT molecular complexity index is 776. The number of nitrogens with one attached hydrogen (secondary N) is 2. The van der Waals surface area contributed by atoms with Crippen LogP contribution in [0, 0.1) is 5.92 Å². The third kappa shape index (κ3) is 3.91. The van der Waals surface area contributed by atoms with Crippen molar-refractivity contribution in [2.45, 2.75) is 45.1 Å². The van der Waals surface area contributed by atoms with Crippen LogP contribution >= 0.6 is 11.3 Å². The summed E-state index contributed by atoms with van der Waals surface area (Å²) < 4.78 is 1.98. The van der Waals surface area contributed by atoms with Crippen molar-refractivity contribution in [3.8, 4) is 0 Å². The van der Waals surface area contributed by atoms with Crippen molar-refractivity contribution in [1.29, 1.82) is 0 Å². The van der Waals surface area contributed by atoms with Crippen LogP contribution in [0.4, 0.5) is 15.7 Å². The predicted octanol–water partition coefficient (Wildman–Crippen LogP) is 3.38. The zero-order chi connectivity index (χ0) is 18.1. The fourth-order valence-electron chi connectivity index (χ4n) is 3.71. The van der Waals surface area contributed by atoms with Crippen molar-refractivity contribution in [2.75, 3.05) is 30.8 Å². The molecule has 8 heteroatoms. The normalized spacial score (nSPS) is 21.4. The van der Waals surface area contributed by atoms with Crippen molar-refractivity contribution < 1.29 is 4.79 Å². The summed E-state index contributed by atoms with van der Waals surface area (Å²) in [4.78, 5) is 20.5. The molecule has 1 saturated heterocycles. The van der Waals surface area contributed by atoms with Gasteiger partial charge in [0.25, 0.3) is 0 Å². The number of urea groups is 1. The molecule has 26 heavy (non-hydrogen) atoms. The molecule has 2 aromatic heterocycles. The zero-order valence-electron chi connectivity index (χ0n) is 15.4. The fourth-order valence-corrected chi connectivity index (χ4v) is 4.87. The van der Waals surface area contributed by atoms with Crippen LogP contribution in [0.3, 0.4) is 0 Å². The molecule has 0 spiro atoms. The standard InChI is InChI=1S/C18H26N6OS/c1-12-3-4-14-15(11-12)26-18(19-14)21-17(25)20-16-7-10-24(22-16)13-5-8-23(2)9-6-13/h7,10,12-13H,3-6,8-9,11H2,1-2H3,(H2,19,20,21,22,25). The minimum atomic E-state index is -0.280. The first-order valence-corrected chi connectivity index (χ1v) is 10.2. The van der Waals surface area contributed by atoms with E-state index in [1.165, 1.54) is 11.3 Å². The van der Waals surface area contributed by atoms with Crippen LogP contribution in [0.5, 0.6) is 0 Å². The number of nitrogens with zero attached hydrogens (tertiary/aromatic N) is 4. The molecule has 1 unspecified atom stereocenters. The number of carbonyl (C=O) groups is 1. The minimum Gasteiger partial charge on any atom is -0.306 e. The van der Waals surface area contributed by atoms with Gasteiger partial charge >= 0.3 is 6.03 Å². The summed E-state index contributed by atoms with van der Waals surface area (Å²) in [7, 11) is 2.15. The Balaban J connectivity index is 1.34. The van der Waals surface area contributed by atoms with Crippen LogP contribution < -0.4 is 10.6 Å². The molecule has 2 N–H and O–H groups in total. The lowest BCUT2D eigenvalue weighted by molar-refractivity contribution is 0.212. The second-order valence-corrected chi connectivity index (χ2v) is 8.62. The van der Waals surface area contributed by atoms with E-state index in [1.54, 1.807) is 11.3 Å². The SMILES string of the molecule is CC1CCc2nc(NC(=O)Nc3ccn(C4CCN(C)CC4)n3)sc2C1. The Labute approximate surface area is 157 Å². The molecule has 140 valence electrons. The first kappa shape index (κ1) is 17.5. The Morgan fingerprint density at radius 2 is 2.08 bits per heavy atom. The van der Waals surface area contributed by atoms with Gasteiger partial charge in [0.1, 0.15) is 0 Å². The van der Waals surface area contributed by atoms with Crippen LogP contribution in [0.2, 0.25) is 0 Å². The number of amides is 2. The van der Waals surface area contributed by atoms with E-state index in [0.29, 0.717) is 22.9 Å². The predicted molar refractivity (Wildman–Crippen MR) is 104 cm³/mol. The molecule has 0 aromatic carbocycles. The molecule has 0 saturated carbocycles. The van der Waals surface area contributed by atoms with E-state index in [-0.39, 0.29) is 6.03 Å². The second-order valence-electron chi connectivity index (χ2n) is 7.53. The number of likely N-dealkylation sites (tertiary alicyclic amines) is 1. The van der Waals surface area contributed by atoms with Gasteiger partial charge in [-0.05, 0) is 58.2 Å². The van der Waals surface area contributed by atoms with Gasteiger partial charge in [0, 0.05) is 17.1 Å². The van der Waals surface area contributed by atoms with Crippen molar-refractivity contribution in [2.24, 2.45) is 5.92 Å².